The van der Waals surface area contributed by atoms with Crippen molar-refractivity contribution in [3.05, 3.63) is 0 Å². The van der Waals surface area contributed by atoms with Gasteiger partial charge in [-0.2, -0.15) is 12.6 Å². The molecule has 0 bridgehead atoms. The summed E-state index contributed by atoms with van der Waals surface area (Å²) in [4.78, 5) is 37.5. The Morgan fingerprint density at radius 2 is 2.18 bits per heavy atom. The quantitative estimate of drug-likeness (QED) is 0.649. The SMILES string of the molecule is CCCC(S)C(=O)NC1CCSC2CCC(C(=O)O)N2C1=O. The fourth-order valence-electron chi connectivity index (χ4n) is 2.91. The van der Waals surface area contributed by atoms with E-state index in [0.29, 0.717) is 25.7 Å². The lowest BCUT2D eigenvalue weighted by molar-refractivity contribution is -0.149. The predicted molar refractivity (Wildman–Crippen MR) is 88.0 cm³/mol. The summed E-state index contributed by atoms with van der Waals surface area (Å²) in [6.07, 6.45) is 3.19. The number of hydrogen-bond acceptors (Lipinski definition) is 5. The molecule has 2 N–H and O–H groups in total. The second kappa shape index (κ2) is 7.59. The summed E-state index contributed by atoms with van der Waals surface area (Å²) in [7, 11) is 0. The minimum atomic E-state index is -0.971. The number of thioether (sulfide) groups is 1. The minimum Gasteiger partial charge on any atom is -0.480 e. The van der Waals surface area contributed by atoms with Crippen LogP contribution in [0, 0.1) is 0 Å². The van der Waals surface area contributed by atoms with Crippen LogP contribution in [0.15, 0.2) is 0 Å². The van der Waals surface area contributed by atoms with Gasteiger partial charge in [-0.25, -0.2) is 4.79 Å². The van der Waals surface area contributed by atoms with Crippen molar-refractivity contribution in [2.75, 3.05) is 5.75 Å². The van der Waals surface area contributed by atoms with Crippen LogP contribution >= 0.6 is 24.4 Å². The zero-order chi connectivity index (χ0) is 16.3. The molecule has 2 fully saturated rings. The van der Waals surface area contributed by atoms with Crippen molar-refractivity contribution < 1.29 is 19.5 Å². The summed E-state index contributed by atoms with van der Waals surface area (Å²) in [5.41, 5.74) is 0. The predicted octanol–water partition coefficient (Wildman–Crippen LogP) is 1.11. The number of nitrogens with zero attached hydrogens (tertiary/aromatic N) is 1. The van der Waals surface area contributed by atoms with Crippen molar-refractivity contribution in [3.8, 4) is 0 Å². The number of carboxylic acid groups (broad SMARTS) is 1. The number of hydrogen-bond donors (Lipinski definition) is 3. The highest BCUT2D eigenvalue weighted by Gasteiger charge is 2.45. The first-order valence-electron chi connectivity index (χ1n) is 7.60. The third-order valence-corrected chi connectivity index (χ3v) is 5.88. The molecule has 6 nitrogen and oxygen atoms in total. The first-order valence-corrected chi connectivity index (χ1v) is 9.17. The lowest BCUT2D eigenvalue weighted by Gasteiger charge is -2.28. The van der Waals surface area contributed by atoms with Crippen LogP contribution in [-0.2, 0) is 14.4 Å². The molecule has 0 aliphatic carbocycles. The highest BCUT2D eigenvalue weighted by molar-refractivity contribution is 7.99. The average molecular weight is 346 g/mol. The number of carboxylic acids is 1. The lowest BCUT2D eigenvalue weighted by Crippen LogP contribution is -2.53. The molecule has 8 heteroatoms. The van der Waals surface area contributed by atoms with Crippen LogP contribution in [0.3, 0.4) is 0 Å². The second-order valence-corrected chi connectivity index (χ2v) is 7.57. The summed E-state index contributed by atoms with van der Waals surface area (Å²) in [6.45, 7) is 1.97. The minimum absolute atomic E-state index is 0.0852. The summed E-state index contributed by atoms with van der Waals surface area (Å²) >= 11 is 5.85. The molecule has 4 atom stereocenters. The average Bonchev–Trinajstić information content (AvgIpc) is 2.83. The topological polar surface area (TPSA) is 86.7 Å². The third kappa shape index (κ3) is 3.71. The van der Waals surface area contributed by atoms with E-state index in [4.69, 9.17) is 0 Å². The molecule has 22 heavy (non-hydrogen) atoms. The number of nitrogens with one attached hydrogen (secondary N) is 1. The molecule has 2 aliphatic rings. The van der Waals surface area contributed by atoms with Crippen molar-refractivity contribution in [2.45, 2.75) is 61.7 Å². The van der Waals surface area contributed by atoms with Crippen LogP contribution in [-0.4, -0.2) is 56.3 Å². The van der Waals surface area contributed by atoms with Gasteiger partial charge in [0.2, 0.25) is 11.8 Å². The summed E-state index contributed by atoms with van der Waals surface area (Å²) in [6, 6.07) is -1.42. The lowest BCUT2D eigenvalue weighted by atomic mass is 10.1. The van der Waals surface area contributed by atoms with E-state index >= 15 is 0 Å². The Balaban J connectivity index is 2.08. The van der Waals surface area contributed by atoms with Crippen LogP contribution in [0.4, 0.5) is 0 Å². The van der Waals surface area contributed by atoms with Crippen LogP contribution in [0.1, 0.15) is 39.0 Å². The van der Waals surface area contributed by atoms with Gasteiger partial charge in [-0.1, -0.05) is 13.3 Å². The summed E-state index contributed by atoms with van der Waals surface area (Å²) < 4.78 is 0. The maximum absolute atomic E-state index is 12.7. The number of fused-ring (bicyclic) bond motifs is 1. The monoisotopic (exact) mass is 346 g/mol. The highest BCUT2D eigenvalue weighted by Crippen LogP contribution is 2.35. The number of aliphatic carboxylic acids is 1. The largest absolute Gasteiger partial charge is 0.480 e. The molecule has 2 aliphatic heterocycles. The molecule has 0 aromatic heterocycles. The number of carbonyl (C=O) groups excluding carboxylic acids is 2. The van der Waals surface area contributed by atoms with Crippen LogP contribution in [0.2, 0.25) is 0 Å². The zero-order valence-electron chi connectivity index (χ0n) is 12.5. The van der Waals surface area contributed by atoms with Gasteiger partial charge in [-0.15, -0.1) is 11.8 Å². The maximum atomic E-state index is 12.7. The third-order valence-electron chi connectivity index (χ3n) is 4.07. The second-order valence-electron chi connectivity index (χ2n) is 5.66. The maximum Gasteiger partial charge on any atom is 0.326 e. The fourth-order valence-corrected chi connectivity index (χ4v) is 4.60. The van der Waals surface area contributed by atoms with E-state index in [2.05, 4.69) is 17.9 Å². The molecule has 124 valence electrons. The fraction of sp³-hybridized carbons (Fsp3) is 0.786. The first kappa shape index (κ1) is 17.5. The Labute approximate surface area is 139 Å². The van der Waals surface area contributed by atoms with E-state index in [-0.39, 0.29) is 17.2 Å². The number of amides is 2. The number of rotatable bonds is 5. The normalized spacial score (nSPS) is 29.6. The van der Waals surface area contributed by atoms with Crippen LogP contribution in [0.25, 0.3) is 0 Å². The Morgan fingerprint density at radius 1 is 1.45 bits per heavy atom. The van der Waals surface area contributed by atoms with E-state index < -0.39 is 23.3 Å². The molecule has 0 aromatic rings. The van der Waals surface area contributed by atoms with Crippen molar-refractivity contribution in [2.24, 2.45) is 0 Å². The van der Waals surface area contributed by atoms with Crippen molar-refractivity contribution in [1.29, 1.82) is 0 Å². The molecule has 2 heterocycles. The van der Waals surface area contributed by atoms with E-state index in [1.807, 2.05) is 6.92 Å². The first-order chi connectivity index (χ1) is 10.5. The van der Waals surface area contributed by atoms with Gasteiger partial charge in [0.25, 0.3) is 0 Å². The molecule has 0 spiro atoms. The molecule has 2 saturated heterocycles. The van der Waals surface area contributed by atoms with Gasteiger partial charge in [0.15, 0.2) is 0 Å². The van der Waals surface area contributed by atoms with Gasteiger partial charge in [-0.3, -0.25) is 9.59 Å². The van der Waals surface area contributed by atoms with Crippen LogP contribution in [0.5, 0.6) is 0 Å². The van der Waals surface area contributed by atoms with E-state index in [1.165, 1.54) is 4.90 Å². The van der Waals surface area contributed by atoms with Gasteiger partial charge in [0, 0.05) is 0 Å². The Hall–Kier alpha value is -0.890. The Morgan fingerprint density at radius 3 is 2.82 bits per heavy atom. The number of thiol groups is 1. The molecule has 4 unspecified atom stereocenters. The standard InChI is InChI=1S/C14H22N2O4S2/c1-2-3-10(21)12(17)15-8-6-7-22-11-5-4-9(14(19)20)16(11)13(8)18/h8-11,21H,2-7H2,1H3,(H,15,17)(H,19,20). The Bertz CT molecular complexity index is 460. The van der Waals surface area contributed by atoms with Crippen molar-refractivity contribution in [1.82, 2.24) is 10.2 Å². The summed E-state index contributed by atoms with van der Waals surface area (Å²) in [5.74, 6) is -0.764. The van der Waals surface area contributed by atoms with E-state index in [9.17, 15) is 19.5 Å². The Kier molecular flexibility index (Phi) is 6.02. The van der Waals surface area contributed by atoms with Gasteiger partial charge in [0.05, 0.1) is 10.6 Å². The smallest absolute Gasteiger partial charge is 0.326 e. The van der Waals surface area contributed by atoms with Gasteiger partial charge >= 0.3 is 5.97 Å². The van der Waals surface area contributed by atoms with Gasteiger partial charge in [0.1, 0.15) is 12.1 Å². The number of carbonyl (C=O) groups is 3. The molecule has 0 radical (unpaired) electrons. The molecular weight excluding hydrogens is 324 g/mol. The van der Waals surface area contributed by atoms with Crippen molar-refractivity contribution in [3.63, 3.8) is 0 Å². The molecular formula is C14H22N2O4S2. The van der Waals surface area contributed by atoms with E-state index in [1.54, 1.807) is 11.8 Å². The molecule has 2 rings (SSSR count). The zero-order valence-corrected chi connectivity index (χ0v) is 14.2. The summed E-state index contributed by atoms with van der Waals surface area (Å²) in [5, 5.41) is 11.5. The van der Waals surface area contributed by atoms with Crippen molar-refractivity contribution >= 4 is 42.2 Å². The van der Waals surface area contributed by atoms with Crippen LogP contribution < -0.4 is 5.32 Å². The van der Waals surface area contributed by atoms with E-state index in [0.717, 1.165) is 12.2 Å². The molecule has 0 aromatic carbocycles. The highest BCUT2D eigenvalue weighted by atomic mass is 32.2. The van der Waals surface area contributed by atoms with Gasteiger partial charge < -0.3 is 15.3 Å². The molecule has 2 amide bonds. The van der Waals surface area contributed by atoms with Gasteiger partial charge in [-0.05, 0) is 31.4 Å². The molecule has 0 saturated carbocycles.